The molecule has 0 fully saturated rings. The topological polar surface area (TPSA) is 71.5 Å². The normalized spacial score (nSPS) is 14.0. The summed E-state index contributed by atoms with van der Waals surface area (Å²) in [5.74, 6) is -0.682. The Balaban J connectivity index is 1.94. The molecule has 1 N–H and O–H groups in total. The fourth-order valence-corrected chi connectivity index (χ4v) is 4.43. The molecule has 132 valence electrons. The maximum Gasteiger partial charge on any atom is 0.341 e. The van der Waals surface area contributed by atoms with Crippen molar-refractivity contribution in [1.29, 1.82) is 0 Å². The van der Waals surface area contributed by atoms with Gasteiger partial charge in [0, 0.05) is 34.8 Å². The van der Waals surface area contributed by atoms with Gasteiger partial charge in [-0.25, -0.2) is 4.79 Å². The van der Waals surface area contributed by atoms with Gasteiger partial charge in [0.15, 0.2) is 0 Å². The van der Waals surface area contributed by atoms with E-state index in [4.69, 9.17) is 4.74 Å². The van der Waals surface area contributed by atoms with Gasteiger partial charge in [-0.15, -0.1) is 11.3 Å². The van der Waals surface area contributed by atoms with E-state index in [1.807, 2.05) is 7.05 Å². The lowest BCUT2D eigenvalue weighted by Gasteiger charge is -2.22. The molecule has 0 saturated heterocycles. The van der Waals surface area contributed by atoms with Crippen molar-refractivity contribution in [1.82, 2.24) is 9.88 Å². The molecule has 1 aliphatic rings. The Morgan fingerprint density at radius 1 is 1.44 bits per heavy atom. The number of hydrogen-bond donors (Lipinski definition) is 1. The number of anilines is 1. The van der Waals surface area contributed by atoms with Crippen molar-refractivity contribution in [3.63, 3.8) is 0 Å². The fourth-order valence-electron chi connectivity index (χ4n) is 2.75. The first-order valence-electron chi connectivity index (χ1n) is 7.91. The number of amides is 1. The highest BCUT2D eigenvalue weighted by molar-refractivity contribution is 9.10. The maximum atomic E-state index is 12.5. The molecular formula is C17H18BrN3O3S. The molecule has 8 heteroatoms. The predicted molar refractivity (Wildman–Crippen MR) is 100 cm³/mol. The summed E-state index contributed by atoms with van der Waals surface area (Å²) in [6.07, 6.45) is 3.87. The number of nitrogens with one attached hydrogen (secondary N) is 1. The van der Waals surface area contributed by atoms with E-state index < -0.39 is 0 Å². The second-order valence-electron chi connectivity index (χ2n) is 5.76. The lowest BCUT2D eigenvalue weighted by molar-refractivity contribution is 0.0526. The molecule has 0 aromatic carbocycles. The van der Waals surface area contributed by atoms with E-state index in [-0.39, 0.29) is 11.9 Å². The van der Waals surface area contributed by atoms with Crippen LogP contribution in [0.1, 0.15) is 38.1 Å². The first-order valence-corrected chi connectivity index (χ1v) is 9.52. The molecule has 0 unspecified atom stereocenters. The summed E-state index contributed by atoms with van der Waals surface area (Å²) >= 11 is 4.75. The molecule has 0 radical (unpaired) electrons. The Morgan fingerprint density at radius 3 is 2.96 bits per heavy atom. The van der Waals surface area contributed by atoms with Crippen molar-refractivity contribution in [2.45, 2.75) is 19.9 Å². The van der Waals surface area contributed by atoms with Crippen molar-refractivity contribution in [3.05, 3.63) is 44.5 Å². The minimum atomic E-state index is -0.382. The monoisotopic (exact) mass is 423 g/mol. The molecule has 2 aromatic rings. The van der Waals surface area contributed by atoms with E-state index in [0.29, 0.717) is 22.7 Å². The minimum Gasteiger partial charge on any atom is -0.462 e. The van der Waals surface area contributed by atoms with E-state index in [1.54, 1.807) is 19.2 Å². The number of carbonyl (C=O) groups excluding carboxylic acids is 2. The number of esters is 1. The summed E-state index contributed by atoms with van der Waals surface area (Å²) in [5, 5.41) is 3.41. The Morgan fingerprint density at radius 2 is 2.24 bits per heavy atom. The Labute approximate surface area is 158 Å². The predicted octanol–water partition coefficient (Wildman–Crippen LogP) is 3.32. The van der Waals surface area contributed by atoms with Crippen molar-refractivity contribution < 1.29 is 14.3 Å². The number of ether oxygens (including phenoxy) is 1. The summed E-state index contributed by atoms with van der Waals surface area (Å²) < 4.78 is 5.93. The van der Waals surface area contributed by atoms with Crippen LogP contribution in [0, 0.1) is 0 Å². The molecule has 3 heterocycles. The van der Waals surface area contributed by atoms with E-state index >= 15 is 0 Å². The van der Waals surface area contributed by atoms with Crippen molar-refractivity contribution in [2.24, 2.45) is 0 Å². The first-order chi connectivity index (χ1) is 12.0. The largest absolute Gasteiger partial charge is 0.462 e. The number of fused-ring (bicyclic) bond motifs is 1. The van der Waals surface area contributed by atoms with Gasteiger partial charge in [-0.2, -0.15) is 0 Å². The zero-order chi connectivity index (χ0) is 18.0. The van der Waals surface area contributed by atoms with Crippen LogP contribution in [0.3, 0.4) is 0 Å². The van der Waals surface area contributed by atoms with Gasteiger partial charge < -0.3 is 15.0 Å². The van der Waals surface area contributed by atoms with Gasteiger partial charge in [0.2, 0.25) is 0 Å². The molecule has 25 heavy (non-hydrogen) atoms. The van der Waals surface area contributed by atoms with E-state index in [0.717, 1.165) is 34.4 Å². The summed E-state index contributed by atoms with van der Waals surface area (Å²) in [6.45, 7) is 3.71. The molecule has 1 amide bonds. The van der Waals surface area contributed by atoms with Crippen LogP contribution in [0.5, 0.6) is 0 Å². The molecule has 0 aliphatic carbocycles. The number of hydrogen-bond acceptors (Lipinski definition) is 6. The first kappa shape index (κ1) is 18.0. The molecule has 3 rings (SSSR count). The lowest BCUT2D eigenvalue weighted by atomic mass is 10.0. The average Bonchev–Trinajstić information content (AvgIpc) is 2.91. The third-order valence-corrected chi connectivity index (χ3v) is 5.49. The van der Waals surface area contributed by atoms with E-state index in [1.165, 1.54) is 17.5 Å². The number of thiophene rings is 1. The standard InChI is InChI=1S/C17H18BrN3O3S/c1-3-24-17(23)14-12-4-5-21(2)9-13(12)25-16(14)20-15(22)10-6-11(18)8-19-7-10/h6-8H,3-5,9H2,1-2H3,(H,20,22). The Bertz CT molecular complexity index is 821. The molecular weight excluding hydrogens is 406 g/mol. The van der Waals surface area contributed by atoms with Crippen LogP contribution >= 0.6 is 27.3 Å². The number of aromatic nitrogens is 1. The van der Waals surface area contributed by atoms with E-state index in [2.05, 4.69) is 31.1 Å². The summed E-state index contributed by atoms with van der Waals surface area (Å²) in [7, 11) is 2.04. The van der Waals surface area contributed by atoms with Gasteiger partial charge >= 0.3 is 5.97 Å². The van der Waals surface area contributed by atoms with Crippen molar-refractivity contribution in [2.75, 3.05) is 25.5 Å². The molecule has 0 saturated carbocycles. The van der Waals surface area contributed by atoms with Crippen molar-refractivity contribution >= 4 is 44.1 Å². The molecule has 0 atom stereocenters. The number of pyridine rings is 1. The van der Waals surface area contributed by atoms with Crippen LogP contribution in [-0.2, 0) is 17.7 Å². The number of rotatable bonds is 4. The van der Waals surface area contributed by atoms with Gasteiger partial charge in [-0.05, 0) is 48.0 Å². The second kappa shape index (κ2) is 7.63. The second-order valence-corrected chi connectivity index (χ2v) is 7.78. The summed E-state index contributed by atoms with van der Waals surface area (Å²) in [4.78, 5) is 32.3. The summed E-state index contributed by atoms with van der Waals surface area (Å²) in [5.41, 5.74) is 1.91. The third-order valence-electron chi connectivity index (χ3n) is 3.92. The lowest BCUT2D eigenvalue weighted by Crippen LogP contribution is -2.26. The van der Waals surface area contributed by atoms with Crippen LogP contribution < -0.4 is 5.32 Å². The van der Waals surface area contributed by atoms with Crippen LogP contribution in [0.4, 0.5) is 5.00 Å². The van der Waals surface area contributed by atoms with Crippen LogP contribution in [0.25, 0.3) is 0 Å². The zero-order valence-corrected chi connectivity index (χ0v) is 16.4. The van der Waals surface area contributed by atoms with Gasteiger partial charge in [0.25, 0.3) is 5.91 Å². The molecule has 0 spiro atoms. The quantitative estimate of drug-likeness (QED) is 0.763. The van der Waals surface area contributed by atoms with Gasteiger partial charge in [-0.1, -0.05) is 0 Å². The summed E-state index contributed by atoms with van der Waals surface area (Å²) in [6, 6.07) is 1.69. The number of nitrogens with zero attached hydrogens (tertiary/aromatic N) is 2. The third kappa shape index (κ3) is 3.91. The van der Waals surface area contributed by atoms with Crippen molar-refractivity contribution in [3.8, 4) is 0 Å². The maximum absolute atomic E-state index is 12.5. The van der Waals surface area contributed by atoms with Gasteiger partial charge in [0.1, 0.15) is 5.00 Å². The highest BCUT2D eigenvalue weighted by Gasteiger charge is 2.28. The Hall–Kier alpha value is -1.77. The number of likely N-dealkylation sites (N-methyl/N-ethyl adjacent to an activating group) is 1. The molecule has 0 bridgehead atoms. The SMILES string of the molecule is CCOC(=O)c1c(NC(=O)c2cncc(Br)c2)sc2c1CCN(C)C2. The molecule has 2 aromatic heterocycles. The van der Waals surface area contributed by atoms with Gasteiger partial charge in [-0.3, -0.25) is 9.78 Å². The number of carbonyl (C=O) groups is 2. The van der Waals surface area contributed by atoms with Crippen LogP contribution in [-0.4, -0.2) is 42.0 Å². The zero-order valence-electron chi connectivity index (χ0n) is 14.0. The molecule has 1 aliphatic heterocycles. The fraction of sp³-hybridized carbons (Fsp3) is 0.353. The van der Waals surface area contributed by atoms with E-state index in [9.17, 15) is 9.59 Å². The Kier molecular flexibility index (Phi) is 5.51. The molecule has 6 nitrogen and oxygen atoms in total. The van der Waals surface area contributed by atoms with Crippen LogP contribution in [0.2, 0.25) is 0 Å². The smallest absolute Gasteiger partial charge is 0.341 e. The highest BCUT2D eigenvalue weighted by Crippen LogP contribution is 2.37. The average molecular weight is 424 g/mol. The highest BCUT2D eigenvalue weighted by atomic mass is 79.9. The number of halogens is 1. The minimum absolute atomic E-state index is 0.298. The van der Waals surface area contributed by atoms with Crippen LogP contribution in [0.15, 0.2) is 22.9 Å². The van der Waals surface area contributed by atoms with Gasteiger partial charge in [0.05, 0.1) is 17.7 Å².